The fraction of sp³-hybridized carbons (Fsp3) is 0.682. The van der Waals surface area contributed by atoms with Crippen LogP contribution in [0.15, 0.2) is 12.1 Å². The number of nitrogens with zero attached hydrogens (tertiary/aromatic N) is 3. The summed E-state index contributed by atoms with van der Waals surface area (Å²) in [5.41, 5.74) is 1.46. The quantitative estimate of drug-likeness (QED) is 0.754. The monoisotopic (exact) mass is 420 g/mol. The number of piperazine rings is 1. The lowest BCUT2D eigenvalue weighted by Gasteiger charge is -2.42. The Morgan fingerprint density at radius 2 is 1.97 bits per heavy atom. The molecule has 1 saturated carbocycles. The van der Waals surface area contributed by atoms with Gasteiger partial charge in [-0.15, -0.1) is 0 Å². The summed E-state index contributed by atoms with van der Waals surface area (Å²) in [6.45, 7) is 4.04. The molecule has 5 nitrogen and oxygen atoms in total. The molecule has 2 saturated heterocycles. The van der Waals surface area contributed by atoms with E-state index in [0.717, 1.165) is 38.4 Å². The van der Waals surface area contributed by atoms with E-state index in [9.17, 15) is 4.39 Å². The highest BCUT2D eigenvalue weighted by molar-refractivity contribution is 6.34. The second kappa shape index (κ2) is 7.80. The zero-order valence-corrected chi connectivity index (χ0v) is 17.8. The zero-order valence-electron chi connectivity index (χ0n) is 17.1. The first-order valence-electron chi connectivity index (χ1n) is 10.9. The van der Waals surface area contributed by atoms with Gasteiger partial charge in [0.15, 0.2) is 0 Å². The van der Waals surface area contributed by atoms with Crippen molar-refractivity contribution >= 4 is 22.6 Å². The fourth-order valence-electron chi connectivity index (χ4n) is 5.86. The average molecular weight is 421 g/mol. The van der Waals surface area contributed by atoms with Crippen LogP contribution in [0.5, 0.6) is 0 Å². The molecule has 2 unspecified atom stereocenters. The lowest BCUT2D eigenvalue weighted by atomic mass is 9.96. The Labute approximate surface area is 176 Å². The number of aromatic nitrogens is 2. The van der Waals surface area contributed by atoms with E-state index in [2.05, 4.69) is 19.8 Å². The molecule has 1 aliphatic carbocycles. The second-order valence-electron chi connectivity index (χ2n) is 9.13. The summed E-state index contributed by atoms with van der Waals surface area (Å²) < 4.78 is 19.5. The first kappa shape index (κ1) is 19.7. The number of aromatic amines is 1. The van der Waals surface area contributed by atoms with Crippen LogP contribution < -0.4 is 0 Å². The van der Waals surface area contributed by atoms with Crippen molar-refractivity contribution in [3.8, 4) is 0 Å². The molecule has 7 heteroatoms. The number of ether oxygens (including phenoxy) is 1. The summed E-state index contributed by atoms with van der Waals surface area (Å²) >= 11 is 6.15. The van der Waals surface area contributed by atoms with E-state index in [0.29, 0.717) is 28.1 Å². The Balaban J connectivity index is 1.23. The molecule has 1 N–H and O–H groups in total. The van der Waals surface area contributed by atoms with Gasteiger partial charge in [0.25, 0.3) is 0 Å². The molecule has 2 atom stereocenters. The third kappa shape index (κ3) is 3.80. The predicted molar refractivity (Wildman–Crippen MR) is 113 cm³/mol. The molecular formula is C22H30ClFN4O. The number of benzene rings is 1. The van der Waals surface area contributed by atoms with E-state index in [1.807, 2.05) is 7.11 Å². The van der Waals surface area contributed by atoms with Crippen LogP contribution in [0, 0.1) is 5.82 Å². The minimum atomic E-state index is -0.333. The summed E-state index contributed by atoms with van der Waals surface area (Å²) in [6.07, 6.45) is 8.75. The lowest BCUT2D eigenvalue weighted by Crippen LogP contribution is -2.54. The maximum absolute atomic E-state index is 13.6. The highest BCUT2D eigenvalue weighted by Crippen LogP contribution is 2.38. The molecule has 0 amide bonds. The molecule has 3 heterocycles. The smallest absolute Gasteiger partial charge is 0.126 e. The van der Waals surface area contributed by atoms with Crippen molar-refractivity contribution in [2.45, 2.75) is 69.2 Å². The van der Waals surface area contributed by atoms with E-state index in [1.54, 1.807) is 0 Å². The summed E-state index contributed by atoms with van der Waals surface area (Å²) in [7, 11) is 1.89. The van der Waals surface area contributed by atoms with Crippen molar-refractivity contribution in [1.29, 1.82) is 0 Å². The van der Waals surface area contributed by atoms with E-state index < -0.39 is 0 Å². The van der Waals surface area contributed by atoms with Crippen LogP contribution in [0.2, 0.25) is 5.02 Å². The molecule has 3 aliphatic rings. The number of hydrogen-bond donors (Lipinski definition) is 1. The molecule has 1 aromatic heterocycles. The van der Waals surface area contributed by atoms with Gasteiger partial charge in [0, 0.05) is 38.8 Å². The number of rotatable bonds is 6. The molecular weight excluding hydrogens is 391 g/mol. The summed E-state index contributed by atoms with van der Waals surface area (Å²) in [5, 5.41) is 0.367. The molecule has 2 bridgehead atoms. The summed E-state index contributed by atoms with van der Waals surface area (Å²) in [6, 6.07) is 4.03. The second-order valence-corrected chi connectivity index (χ2v) is 9.54. The third-order valence-corrected chi connectivity index (χ3v) is 7.70. The molecule has 29 heavy (non-hydrogen) atoms. The highest BCUT2D eigenvalue weighted by Gasteiger charge is 2.42. The van der Waals surface area contributed by atoms with Gasteiger partial charge in [-0.1, -0.05) is 24.4 Å². The van der Waals surface area contributed by atoms with E-state index >= 15 is 0 Å². The highest BCUT2D eigenvalue weighted by atomic mass is 35.5. The van der Waals surface area contributed by atoms with Gasteiger partial charge in [-0.25, -0.2) is 9.37 Å². The van der Waals surface area contributed by atoms with Crippen LogP contribution >= 0.6 is 11.6 Å². The minimum Gasteiger partial charge on any atom is -0.378 e. The first-order valence-corrected chi connectivity index (χ1v) is 11.3. The first-order chi connectivity index (χ1) is 14.0. The normalized spacial score (nSPS) is 27.3. The number of methoxy groups -OCH3 is 1. The maximum atomic E-state index is 13.6. The standard InChI is InChI=1S/C22H30ClFN4O/c1-29-22(6-2-3-7-22)8-9-28-16-4-5-17(28)13-27(12-16)14-20-25-19-11-15(24)10-18(23)21(19)26-20/h10-11,16-17H,2-9,12-14H2,1H3,(H,25,26). The Morgan fingerprint density at radius 3 is 2.66 bits per heavy atom. The summed E-state index contributed by atoms with van der Waals surface area (Å²) in [4.78, 5) is 13.1. The van der Waals surface area contributed by atoms with Gasteiger partial charge >= 0.3 is 0 Å². The Morgan fingerprint density at radius 1 is 1.24 bits per heavy atom. The van der Waals surface area contributed by atoms with Gasteiger partial charge < -0.3 is 9.72 Å². The van der Waals surface area contributed by atoms with Crippen LogP contribution in [0.1, 0.15) is 50.8 Å². The molecule has 2 aliphatic heterocycles. The topological polar surface area (TPSA) is 44.4 Å². The molecule has 2 aromatic rings. The number of halogens is 2. The predicted octanol–water partition coefficient (Wildman–Crippen LogP) is 4.35. The van der Waals surface area contributed by atoms with Crippen LogP contribution in [0.4, 0.5) is 4.39 Å². The Bertz CT molecular complexity index is 867. The van der Waals surface area contributed by atoms with Crippen molar-refractivity contribution < 1.29 is 9.13 Å². The lowest BCUT2D eigenvalue weighted by molar-refractivity contribution is -0.0290. The van der Waals surface area contributed by atoms with Crippen molar-refractivity contribution in [3.63, 3.8) is 0 Å². The largest absolute Gasteiger partial charge is 0.378 e. The number of likely N-dealkylation sites (tertiary alicyclic amines) is 1. The van der Waals surface area contributed by atoms with E-state index in [4.69, 9.17) is 16.3 Å². The van der Waals surface area contributed by atoms with Gasteiger partial charge in [0.05, 0.1) is 22.7 Å². The van der Waals surface area contributed by atoms with E-state index in [1.165, 1.54) is 50.7 Å². The van der Waals surface area contributed by atoms with Gasteiger partial charge in [-0.05, 0) is 44.2 Å². The average Bonchev–Trinajstić information content (AvgIpc) is 3.37. The number of nitrogens with one attached hydrogen (secondary N) is 1. The maximum Gasteiger partial charge on any atom is 0.126 e. The number of hydrogen-bond acceptors (Lipinski definition) is 4. The van der Waals surface area contributed by atoms with Gasteiger partial charge in [0.2, 0.25) is 0 Å². The molecule has 1 aromatic carbocycles. The SMILES string of the molecule is COC1(CCN2C3CCC2CN(Cc2nc4c(Cl)cc(F)cc4[nH]2)C3)CCCC1. The zero-order chi connectivity index (χ0) is 20.0. The molecule has 158 valence electrons. The Hall–Kier alpha value is -1.21. The number of imidazole rings is 1. The van der Waals surface area contributed by atoms with Crippen molar-refractivity contribution in [2.75, 3.05) is 26.7 Å². The van der Waals surface area contributed by atoms with Crippen molar-refractivity contribution in [2.24, 2.45) is 0 Å². The molecule has 0 radical (unpaired) electrons. The number of H-pyrrole nitrogens is 1. The van der Waals surface area contributed by atoms with Crippen LogP contribution in [0.25, 0.3) is 11.0 Å². The fourth-order valence-corrected chi connectivity index (χ4v) is 6.11. The van der Waals surface area contributed by atoms with Crippen LogP contribution in [0.3, 0.4) is 0 Å². The van der Waals surface area contributed by atoms with Gasteiger partial charge in [-0.3, -0.25) is 9.80 Å². The number of fused-ring (bicyclic) bond motifs is 3. The van der Waals surface area contributed by atoms with Crippen LogP contribution in [-0.4, -0.2) is 64.2 Å². The Kier molecular flexibility index (Phi) is 5.31. The third-order valence-electron chi connectivity index (χ3n) is 7.41. The van der Waals surface area contributed by atoms with E-state index in [-0.39, 0.29) is 11.4 Å². The summed E-state index contributed by atoms with van der Waals surface area (Å²) in [5.74, 6) is 0.532. The van der Waals surface area contributed by atoms with Crippen molar-refractivity contribution in [1.82, 2.24) is 19.8 Å². The van der Waals surface area contributed by atoms with Crippen molar-refractivity contribution in [3.05, 3.63) is 28.8 Å². The molecule has 5 rings (SSSR count). The molecule has 0 spiro atoms. The van der Waals surface area contributed by atoms with Crippen LogP contribution in [-0.2, 0) is 11.3 Å². The van der Waals surface area contributed by atoms with Gasteiger partial charge in [-0.2, -0.15) is 0 Å². The van der Waals surface area contributed by atoms with Gasteiger partial charge in [0.1, 0.15) is 17.2 Å². The molecule has 3 fully saturated rings. The minimum absolute atomic E-state index is 0.124.